The molecule has 1 heterocycles. The maximum atomic E-state index is 7.42. The van der Waals surface area contributed by atoms with Crippen molar-refractivity contribution in [1.29, 1.82) is 5.41 Å². The van der Waals surface area contributed by atoms with Crippen LogP contribution >= 0.6 is 0 Å². The number of nitrogen functional groups attached to an aromatic ring is 1. The zero-order chi connectivity index (χ0) is 11.4. The summed E-state index contributed by atoms with van der Waals surface area (Å²) in [5.74, 6) is 0.0303. The number of nitrogens with two attached hydrogens (primary N) is 1. The molecule has 0 fully saturated rings. The fraction of sp³-hybridized carbons (Fsp3) is 0.455. The van der Waals surface area contributed by atoms with Gasteiger partial charge in [-0.3, -0.25) is 15.3 Å². The molecule has 3 N–H and O–H groups in total. The maximum Gasteiger partial charge on any atom is 0.142 e. The predicted octanol–water partition coefficient (Wildman–Crippen LogP) is 1.21. The Bertz CT molecular complexity index is 346. The Hall–Kier alpha value is -1.42. The SMILES string of the molecule is CC(C)N(C)Cc1cccnc1C(=N)N. The van der Waals surface area contributed by atoms with Gasteiger partial charge in [-0.05, 0) is 32.5 Å². The van der Waals surface area contributed by atoms with Crippen molar-refractivity contribution in [2.75, 3.05) is 7.05 Å². The Balaban J connectivity index is 2.89. The summed E-state index contributed by atoms with van der Waals surface area (Å²) in [6.45, 7) is 5.02. The number of amidine groups is 1. The van der Waals surface area contributed by atoms with Gasteiger partial charge in [0.05, 0.1) is 0 Å². The molecule has 0 aromatic carbocycles. The molecule has 0 radical (unpaired) electrons. The van der Waals surface area contributed by atoms with Crippen molar-refractivity contribution < 1.29 is 0 Å². The summed E-state index contributed by atoms with van der Waals surface area (Å²) in [4.78, 5) is 6.30. The van der Waals surface area contributed by atoms with E-state index in [4.69, 9.17) is 11.1 Å². The average Bonchev–Trinajstić information content (AvgIpc) is 2.18. The largest absolute Gasteiger partial charge is 0.382 e. The Morgan fingerprint density at radius 2 is 2.27 bits per heavy atom. The molecule has 0 aliphatic rings. The average molecular weight is 206 g/mol. The third-order valence-electron chi connectivity index (χ3n) is 2.45. The van der Waals surface area contributed by atoms with Crippen LogP contribution in [0.1, 0.15) is 25.1 Å². The van der Waals surface area contributed by atoms with Gasteiger partial charge in [0.25, 0.3) is 0 Å². The predicted molar refractivity (Wildman–Crippen MR) is 61.9 cm³/mol. The van der Waals surface area contributed by atoms with E-state index < -0.39 is 0 Å². The summed E-state index contributed by atoms with van der Waals surface area (Å²) >= 11 is 0. The lowest BCUT2D eigenvalue weighted by molar-refractivity contribution is 0.265. The topological polar surface area (TPSA) is 66.0 Å². The molecule has 0 atom stereocenters. The summed E-state index contributed by atoms with van der Waals surface area (Å²) in [7, 11) is 2.04. The maximum absolute atomic E-state index is 7.42. The van der Waals surface area contributed by atoms with Crippen molar-refractivity contribution in [3.8, 4) is 0 Å². The molecule has 15 heavy (non-hydrogen) atoms. The monoisotopic (exact) mass is 206 g/mol. The minimum absolute atomic E-state index is 0.0303. The Kier molecular flexibility index (Phi) is 3.80. The number of nitrogens with zero attached hydrogens (tertiary/aromatic N) is 2. The van der Waals surface area contributed by atoms with E-state index in [-0.39, 0.29) is 5.84 Å². The molecule has 0 saturated heterocycles. The highest BCUT2D eigenvalue weighted by atomic mass is 15.1. The minimum atomic E-state index is 0.0303. The fourth-order valence-corrected chi connectivity index (χ4v) is 1.26. The van der Waals surface area contributed by atoms with Crippen molar-refractivity contribution in [2.24, 2.45) is 5.73 Å². The summed E-state index contributed by atoms with van der Waals surface area (Å²) in [5, 5.41) is 7.42. The van der Waals surface area contributed by atoms with Gasteiger partial charge in [-0.2, -0.15) is 0 Å². The third-order valence-corrected chi connectivity index (χ3v) is 2.45. The number of rotatable bonds is 4. The summed E-state index contributed by atoms with van der Waals surface area (Å²) in [6.07, 6.45) is 1.66. The first-order valence-corrected chi connectivity index (χ1v) is 5.01. The highest BCUT2D eigenvalue weighted by Gasteiger charge is 2.10. The van der Waals surface area contributed by atoms with Crippen LogP contribution in [0.2, 0.25) is 0 Å². The summed E-state index contributed by atoms with van der Waals surface area (Å²) in [5.41, 5.74) is 7.06. The van der Waals surface area contributed by atoms with Crippen LogP contribution < -0.4 is 5.73 Å². The molecule has 0 unspecified atom stereocenters. The smallest absolute Gasteiger partial charge is 0.142 e. The van der Waals surface area contributed by atoms with Crippen molar-refractivity contribution in [3.63, 3.8) is 0 Å². The van der Waals surface area contributed by atoms with Crippen LogP contribution in [0.15, 0.2) is 18.3 Å². The van der Waals surface area contributed by atoms with Gasteiger partial charge in [0.15, 0.2) is 0 Å². The number of pyridine rings is 1. The van der Waals surface area contributed by atoms with E-state index in [0.29, 0.717) is 11.7 Å². The lowest BCUT2D eigenvalue weighted by Crippen LogP contribution is -2.27. The van der Waals surface area contributed by atoms with Crippen LogP contribution in [0.4, 0.5) is 0 Å². The Morgan fingerprint density at radius 1 is 1.60 bits per heavy atom. The van der Waals surface area contributed by atoms with Gasteiger partial charge in [-0.1, -0.05) is 6.07 Å². The molecule has 0 amide bonds. The molecule has 0 aliphatic heterocycles. The molecular weight excluding hydrogens is 188 g/mol. The summed E-state index contributed by atoms with van der Waals surface area (Å²) < 4.78 is 0. The first-order valence-electron chi connectivity index (χ1n) is 5.01. The lowest BCUT2D eigenvalue weighted by atomic mass is 10.1. The second-order valence-electron chi connectivity index (χ2n) is 3.93. The highest BCUT2D eigenvalue weighted by molar-refractivity contribution is 5.94. The molecule has 0 bridgehead atoms. The molecule has 4 heteroatoms. The quantitative estimate of drug-likeness (QED) is 0.574. The number of hydrogen-bond donors (Lipinski definition) is 2. The van der Waals surface area contributed by atoms with Crippen LogP contribution in [0.25, 0.3) is 0 Å². The molecule has 1 aromatic heterocycles. The van der Waals surface area contributed by atoms with Crippen LogP contribution in [0.5, 0.6) is 0 Å². The first kappa shape index (κ1) is 11.7. The van der Waals surface area contributed by atoms with Gasteiger partial charge in [0.2, 0.25) is 0 Å². The zero-order valence-corrected chi connectivity index (χ0v) is 9.49. The molecular formula is C11H18N4. The van der Waals surface area contributed by atoms with E-state index in [0.717, 1.165) is 12.1 Å². The van der Waals surface area contributed by atoms with Crippen LogP contribution in [0, 0.1) is 5.41 Å². The number of hydrogen-bond acceptors (Lipinski definition) is 3. The van der Waals surface area contributed by atoms with E-state index in [2.05, 4.69) is 23.7 Å². The summed E-state index contributed by atoms with van der Waals surface area (Å²) in [6, 6.07) is 4.29. The van der Waals surface area contributed by atoms with Gasteiger partial charge in [-0.15, -0.1) is 0 Å². The van der Waals surface area contributed by atoms with Crippen molar-refractivity contribution >= 4 is 5.84 Å². The van der Waals surface area contributed by atoms with Crippen molar-refractivity contribution in [3.05, 3.63) is 29.6 Å². The van der Waals surface area contributed by atoms with E-state index in [9.17, 15) is 0 Å². The van der Waals surface area contributed by atoms with E-state index in [1.165, 1.54) is 0 Å². The Morgan fingerprint density at radius 3 is 2.80 bits per heavy atom. The molecule has 0 aliphatic carbocycles. The third kappa shape index (κ3) is 3.02. The molecule has 0 spiro atoms. The molecule has 4 nitrogen and oxygen atoms in total. The van der Waals surface area contributed by atoms with Crippen LogP contribution in [-0.2, 0) is 6.54 Å². The van der Waals surface area contributed by atoms with E-state index >= 15 is 0 Å². The second-order valence-corrected chi connectivity index (χ2v) is 3.93. The second kappa shape index (κ2) is 4.89. The van der Waals surface area contributed by atoms with Crippen LogP contribution in [0.3, 0.4) is 0 Å². The van der Waals surface area contributed by atoms with Gasteiger partial charge < -0.3 is 5.73 Å². The molecule has 1 rings (SSSR count). The highest BCUT2D eigenvalue weighted by Crippen LogP contribution is 2.09. The number of aromatic nitrogens is 1. The van der Waals surface area contributed by atoms with Gasteiger partial charge >= 0.3 is 0 Å². The molecule has 82 valence electrons. The lowest BCUT2D eigenvalue weighted by Gasteiger charge is -2.21. The normalized spacial score (nSPS) is 11.0. The van der Waals surface area contributed by atoms with Crippen molar-refractivity contribution in [2.45, 2.75) is 26.4 Å². The van der Waals surface area contributed by atoms with Gasteiger partial charge in [0, 0.05) is 18.8 Å². The molecule has 0 saturated carbocycles. The fourth-order valence-electron chi connectivity index (χ4n) is 1.26. The number of nitrogens with one attached hydrogen (secondary N) is 1. The Labute approximate surface area is 90.6 Å². The van der Waals surface area contributed by atoms with E-state index in [1.54, 1.807) is 6.20 Å². The first-order chi connectivity index (χ1) is 7.02. The zero-order valence-electron chi connectivity index (χ0n) is 9.49. The van der Waals surface area contributed by atoms with E-state index in [1.807, 2.05) is 19.2 Å². The molecule has 1 aromatic rings. The van der Waals surface area contributed by atoms with Crippen LogP contribution in [-0.4, -0.2) is 28.8 Å². The van der Waals surface area contributed by atoms with Gasteiger partial charge in [0.1, 0.15) is 11.5 Å². The standard InChI is InChI=1S/C11H18N4/c1-8(2)15(3)7-9-5-4-6-14-10(9)11(12)13/h4-6,8H,7H2,1-3H3,(H3,12,13). The van der Waals surface area contributed by atoms with Gasteiger partial charge in [-0.25, -0.2) is 0 Å². The minimum Gasteiger partial charge on any atom is -0.382 e. The van der Waals surface area contributed by atoms with Crippen molar-refractivity contribution in [1.82, 2.24) is 9.88 Å².